The Balaban J connectivity index is 2.34. The molecular weight excluding hydrogens is 208 g/mol. The highest BCUT2D eigenvalue weighted by molar-refractivity contribution is 6.02. The van der Waals surface area contributed by atoms with Gasteiger partial charge in [0.2, 0.25) is 0 Å². The van der Waals surface area contributed by atoms with Gasteiger partial charge < -0.3 is 10.3 Å². The molecule has 1 aromatic heterocycles. The predicted molar refractivity (Wildman–Crippen MR) is 73.3 cm³/mol. The van der Waals surface area contributed by atoms with E-state index in [0.29, 0.717) is 0 Å². The summed E-state index contributed by atoms with van der Waals surface area (Å²) in [4.78, 5) is 3.40. The van der Waals surface area contributed by atoms with E-state index in [1.54, 1.807) is 0 Å². The van der Waals surface area contributed by atoms with Gasteiger partial charge in [-0.2, -0.15) is 0 Å². The first-order chi connectivity index (χ1) is 8.40. The SMILES string of the molecule is CNc1[nH]c2ccccc2c1-c1ccccc1. The summed E-state index contributed by atoms with van der Waals surface area (Å²) in [6.45, 7) is 0. The van der Waals surface area contributed by atoms with Crippen molar-refractivity contribution in [2.24, 2.45) is 0 Å². The topological polar surface area (TPSA) is 27.8 Å². The minimum atomic E-state index is 1.07. The lowest BCUT2D eigenvalue weighted by atomic mass is 10.0. The smallest absolute Gasteiger partial charge is 0.112 e. The van der Waals surface area contributed by atoms with Gasteiger partial charge in [-0.15, -0.1) is 0 Å². The largest absolute Gasteiger partial charge is 0.374 e. The number of hydrogen-bond donors (Lipinski definition) is 2. The second kappa shape index (κ2) is 3.98. The Bertz CT molecular complexity index is 638. The van der Waals surface area contributed by atoms with Gasteiger partial charge in [0.15, 0.2) is 0 Å². The maximum atomic E-state index is 3.40. The second-order valence-corrected chi connectivity index (χ2v) is 4.04. The van der Waals surface area contributed by atoms with Gasteiger partial charge in [0.25, 0.3) is 0 Å². The Hall–Kier alpha value is -2.22. The van der Waals surface area contributed by atoms with Crippen LogP contribution in [0.2, 0.25) is 0 Å². The van der Waals surface area contributed by atoms with Gasteiger partial charge >= 0.3 is 0 Å². The first-order valence-electron chi connectivity index (χ1n) is 5.74. The third-order valence-corrected chi connectivity index (χ3v) is 3.02. The van der Waals surface area contributed by atoms with E-state index in [-0.39, 0.29) is 0 Å². The summed E-state index contributed by atoms with van der Waals surface area (Å²) in [6.07, 6.45) is 0. The van der Waals surface area contributed by atoms with Gasteiger partial charge in [-0.1, -0.05) is 48.5 Å². The van der Waals surface area contributed by atoms with Crippen LogP contribution < -0.4 is 5.32 Å². The van der Waals surface area contributed by atoms with Crippen molar-refractivity contribution in [1.82, 2.24) is 4.98 Å². The molecule has 2 heteroatoms. The minimum Gasteiger partial charge on any atom is -0.374 e. The Kier molecular flexibility index (Phi) is 2.33. The highest BCUT2D eigenvalue weighted by atomic mass is 15.0. The van der Waals surface area contributed by atoms with Gasteiger partial charge in [-0.05, 0) is 11.6 Å². The molecule has 0 saturated heterocycles. The molecule has 0 bridgehead atoms. The van der Waals surface area contributed by atoms with Crippen LogP contribution in [0.5, 0.6) is 0 Å². The van der Waals surface area contributed by atoms with Crippen LogP contribution in [0, 0.1) is 0 Å². The summed E-state index contributed by atoms with van der Waals surface area (Å²) in [5, 5.41) is 4.48. The molecule has 17 heavy (non-hydrogen) atoms. The molecule has 3 rings (SSSR count). The summed E-state index contributed by atoms with van der Waals surface area (Å²) >= 11 is 0. The van der Waals surface area contributed by atoms with Crippen LogP contribution in [0.15, 0.2) is 54.6 Å². The Morgan fingerprint density at radius 1 is 0.882 bits per heavy atom. The zero-order valence-electron chi connectivity index (χ0n) is 9.70. The molecule has 0 fully saturated rings. The van der Waals surface area contributed by atoms with Gasteiger partial charge in [0, 0.05) is 23.5 Å². The summed E-state index contributed by atoms with van der Waals surface area (Å²) in [5.74, 6) is 1.07. The third-order valence-electron chi connectivity index (χ3n) is 3.02. The zero-order chi connectivity index (χ0) is 11.7. The summed E-state index contributed by atoms with van der Waals surface area (Å²) in [7, 11) is 1.94. The standard InChI is InChI=1S/C15H14N2/c1-16-15-14(11-7-3-2-4-8-11)12-9-5-6-10-13(12)17-15/h2-10,16-17H,1H3. The van der Waals surface area contributed by atoms with Gasteiger partial charge in [0.1, 0.15) is 5.82 Å². The average Bonchev–Trinajstić information content (AvgIpc) is 2.78. The van der Waals surface area contributed by atoms with Crippen LogP contribution in [-0.2, 0) is 0 Å². The average molecular weight is 222 g/mol. The van der Waals surface area contributed by atoms with Crippen LogP contribution in [-0.4, -0.2) is 12.0 Å². The van der Waals surface area contributed by atoms with E-state index in [1.165, 1.54) is 16.5 Å². The maximum Gasteiger partial charge on any atom is 0.112 e. The number of hydrogen-bond acceptors (Lipinski definition) is 1. The molecule has 0 aliphatic rings. The number of fused-ring (bicyclic) bond motifs is 1. The van der Waals surface area contributed by atoms with Crippen molar-refractivity contribution in [2.75, 3.05) is 12.4 Å². The predicted octanol–water partition coefficient (Wildman–Crippen LogP) is 3.88. The molecular formula is C15H14N2. The molecule has 0 spiro atoms. The number of H-pyrrole nitrogens is 1. The van der Waals surface area contributed by atoms with Crippen LogP contribution in [0.4, 0.5) is 5.82 Å². The van der Waals surface area contributed by atoms with Crippen molar-refractivity contribution < 1.29 is 0 Å². The molecule has 3 aromatic rings. The Morgan fingerprint density at radius 3 is 2.35 bits per heavy atom. The van der Waals surface area contributed by atoms with Crippen LogP contribution >= 0.6 is 0 Å². The number of anilines is 1. The molecule has 1 heterocycles. The molecule has 0 amide bonds. The summed E-state index contributed by atoms with van der Waals surface area (Å²) in [6, 6.07) is 18.8. The molecule has 0 saturated carbocycles. The quantitative estimate of drug-likeness (QED) is 0.676. The lowest BCUT2D eigenvalue weighted by Crippen LogP contribution is -1.89. The molecule has 0 aliphatic heterocycles. The van der Waals surface area contributed by atoms with Crippen molar-refractivity contribution >= 4 is 16.7 Å². The molecule has 2 aromatic carbocycles. The van der Waals surface area contributed by atoms with E-state index in [9.17, 15) is 0 Å². The monoisotopic (exact) mass is 222 g/mol. The second-order valence-electron chi connectivity index (χ2n) is 4.04. The van der Waals surface area contributed by atoms with E-state index in [1.807, 2.05) is 19.2 Å². The van der Waals surface area contributed by atoms with Crippen LogP contribution in [0.1, 0.15) is 0 Å². The zero-order valence-corrected chi connectivity index (χ0v) is 9.70. The Morgan fingerprint density at radius 2 is 1.59 bits per heavy atom. The van der Waals surface area contributed by atoms with E-state index >= 15 is 0 Å². The summed E-state index contributed by atoms with van der Waals surface area (Å²) in [5.41, 5.74) is 3.63. The van der Waals surface area contributed by atoms with Crippen molar-refractivity contribution in [3.05, 3.63) is 54.6 Å². The number of nitrogens with one attached hydrogen (secondary N) is 2. The van der Waals surface area contributed by atoms with Gasteiger partial charge in [-0.25, -0.2) is 0 Å². The van der Waals surface area contributed by atoms with Gasteiger partial charge in [0.05, 0.1) is 0 Å². The fourth-order valence-electron chi connectivity index (χ4n) is 2.23. The van der Waals surface area contributed by atoms with Crippen molar-refractivity contribution in [3.8, 4) is 11.1 Å². The highest BCUT2D eigenvalue weighted by Crippen LogP contribution is 2.35. The number of aromatic amines is 1. The molecule has 0 radical (unpaired) electrons. The summed E-state index contributed by atoms with van der Waals surface area (Å²) < 4.78 is 0. The fourth-order valence-corrected chi connectivity index (χ4v) is 2.23. The molecule has 2 nitrogen and oxygen atoms in total. The molecule has 0 aliphatic carbocycles. The van der Waals surface area contributed by atoms with E-state index < -0.39 is 0 Å². The van der Waals surface area contributed by atoms with Crippen molar-refractivity contribution in [1.29, 1.82) is 0 Å². The number of benzene rings is 2. The maximum absolute atomic E-state index is 3.40. The van der Waals surface area contributed by atoms with Gasteiger partial charge in [-0.3, -0.25) is 0 Å². The van der Waals surface area contributed by atoms with Crippen LogP contribution in [0.25, 0.3) is 22.0 Å². The molecule has 84 valence electrons. The minimum absolute atomic E-state index is 1.07. The first-order valence-corrected chi connectivity index (χ1v) is 5.74. The third kappa shape index (κ3) is 1.58. The number of para-hydroxylation sites is 1. The number of rotatable bonds is 2. The first kappa shape index (κ1) is 9.97. The van der Waals surface area contributed by atoms with E-state index in [0.717, 1.165) is 11.3 Å². The lowest BCUT2D eigenvalue weighted by molar-refractivity contribution is 1.38. The molecule has 0 unspecified atom stereocenters. The fraction of sp³-hybridized carbons (Fsp3) is 0.0667. The van der Waals surface area contributed by atoms with Crippen molar-refractivity contribution in [3.63, 3.8) is 0 Å². The Labute approximate surface area is 100 Å². The lowest BCUT2D eigenvalue weighted by Gasteiger charge is -2.03. The highest BCUT2D eigenvalue weighted by Gasteiger charge is 2.11. The normalized spacial score (nSPS) is 10.6. The van der Waals surface area contributed by atoms with E-state index in [2.05, 4.69) is 52.8 Å². The molecule has 0 atom stereocenters. The van der Waals surface area contributed by atoms with Crippen molar-refractivity contribution in [2.45, 2.75) is 0 Å². The number of aromatic nitrogens is 1. The molecule has 2 N–H and O–H groups in total. The van der Waals surface area contributed by atoms with Crippen LogP contribution in [0.3, 0.4) is 0 Å². The van der Waals surface area contributed by atoms with E-state index in [4.69, 9.17) is 0 Å².